The van der Waals surface area contributed by atoms with Gasteiger partial charge in [-0.05, 0) is 204 Å². The number of carboxylic acids is 1. The lowest BCUT2D eigenvalue weighted by molar-refractivity contribution is -0.256. The van der Waals surface area contributed by atoms with Crippen molar-refractivity contribution in [3.05, 3.63) is 173 Å². The summed E-state index contributed by atoms with van der Waals surface area (Å²) < 4.78 is 44.8. The number of benzene rings is 6. The number of hydrogen-bond donors (Lipinski definition) is 1. The van der Waals surface area contributed by atoms with E-state index in [4.69, 9.17) is 28.4 Å². The molecule has 0 fully saturated rings. The van der Waals surface area contributed by atoms with Gasteiger partial charge in [0.15, 0.2) is 0 Å². The molecule has 9 rings (SSSR count). The van der Waals surface area contributed by atoms with Crippen molar-refractivity contribution in [2.75, 3.05) is 21.3 Å². The number of rotatable bonds is 16. The number of ether oxygens (including phenoxy) is 6. The normalized spacial score (nSPS) is 15.6. The maximum atomic E-state index is 16.2. The van der Waals surface area contributed by atoms with E-state index >= 15 is 4.79 Å². The summed E-state index contributed by atoms with van der Waals surface area (Å²) in [7, 11) is 5.44. The van der Waals surface area contributed by atoms with Gasteiger partial charge in [-0.3, -0.25) is 0 Å². The van der Waals surface area contributed by atoms with Crippen LogP contribution in [0.2, 0.25) is 0 Å². The van der Waals surface area contributed by atoms with Crippen molar-refractivity contribution in [1.29, 1.82) is 0 Å². The molecule has 3 aliphatic heterocycles. The molecule has 3 heterocycles. The molecule has 6 aromatic carbocycles. The van der Waals surface area contributed by atoms with Gasteiger partial charge in [0.1, 0.15) is 34.5 Å². The van der Waals surface area contributed by atoms with Gasteiger partial charge >= 0.3 is 11.9 Å². The molecule has 0 aromatic heterocycles. The second-order valence-electron chi connectivity index (χ2n) is 43.3. The third kappa shape index (κ3) is 18.5. The molecule has 0 saturated heterocycles. The van der Waals surface area contributed by atoms with Crippen LogP contribution in [0, 0.1) is 32.5 Å². The Kier molecular flexibility index (Phi) is 21.5. The molecule has 3 aliphatic rings. The minimum absolute atomic E-state index is 0.00921. The molecular weight excluding hydrogens is 1270 g/mol. The molecule has 564 valence electrons. The molecule has 1 N–H and O–H groups in total. The third-order valence-corrected chi connectivity index (χ3v) is 21.8. The molecule has 8 heteroatoms. The molecule has 10 bridgehead atoms. The fourth-order valence-electron chi connectivity index (χ4n) is 20.0. The van der Waals surface area contributed by atoms with Crippen LogP contribution in [-0.2, 0) is 75.8 Å². The number of hydrogen-bond acceptors (Lipinski definition) is 7. The van der Waals surface area contributed by atoms with Gasteiger partial charge in [-0.1, -0.05) is 281 Å². The lowest BCUT2D eigenvalue weighted by Crippen LogP contribution is -2.56. The van der Waals surface area contributed by atoms with Crippen molar-refractivity contribution in [1.82, 2.24) is 0 Å². The van der Waals surface area contributed by atoms with Crippen molar-refractivity contribution >= 4 is 5.97 Å². The summed E-state index contributed by atoms with van der Waals surface area (Å²) in [5, 5.41) is 13.2. The molecule has 0 amide bonds. The zero-order chi connectivity index (χ0) is 77.1. The van der Waals surface area contributed by atoms with Crippen LogP contribution >= 0.6 is 0 Å². The van der Waals surface area contributed by atoms with Crippen LogP contribution in [0.15, 0.2) is 72.8 Å². The molecular formula is C95H136O8. The maximum Gasteiger partial charge on any atom is 0.523 e. The van der Waals surface area contributed by atoms with Crippen molar-refractivity contribution in [3.63, 3.8) is 0 Å². The standard InChI is InChI=1S/C95H136O8/c1-83(2,3)52-89(19,20)70-40-58-34-64-46-73(92(25,26)55-86(10,11)12)48-66-36-60-42-71(90(21,22)53-84(4,5)6)44-62(77(60)99-32)38-68-50-75(94(29,30)57-88(16,17)18)51-69-39-63-45-72(91(23,24)54-85(7,8)9)43-61(78(63)100-33)37-67-49-74(93(27,28)56-87(13,14)15)47-65(35-59(41-70)76(58)98-31)80(67)102-95(82(96)97,101-79(64)66)103-81(68)69/h40-51H,34-39,52-57H2,1-33H3,(H,96,97). The summed E-state index contributed by atoms with van der Waals surface area (Å²) in [5.74, 6) is -0.796. The van der Waals surface area contributed by atoms with Gasteiger partial charge in [0, 0.05) is 38.5 Å². The summed E-state index contributed by atoms with van der Waals surface area (Å²) in [6.07, 6.45) is 7.34. The summed E-state index contributed by atoms with van der Waals surface area (Å²) in [6.45, 7) is 70.2. The fourth-order valence-corrected chi connectivity index (χ4v) is 20.0. The Hall–Kier alpha value is -6.41. The first-order chi connectivity index (χ1) is 46.7. The highest BCUT2D eigenvalue weighted by molar-refractivity contribution is 5.77. The van der Waals surface area contributed by atoms with Crippen LogP contribution in [0.1, 0.15) is 346 Å². The fraction of sp³-hybridized carbons (Fsp3) is 0.611. The Morgan fingerprint density at radius 1 is 0.282 bits per heavy atom. The Labute approximate surface area is 625 Å². The highest BCUT2D eigenvalue weighted by Crippen LogP contribution is 2.53. The van der Waals surface area contributed by atoms with Crippen molar-refractivity contribution in [2.45, 2.75) is 323 Å². The van der Waals surface area contributed by atoms with Crippen LogP contribution in [0.4, 0.5) is 0 Å². The van der Waals surface area contributed by atoms with Gasteiger partial charge in [0.25, 0.3) is 0 Å². The molecule has 8 nitrogen and oxygen atoms in total. The van der Waals surface area contributed by atoms with Crippen molar-refractivity contribution in [2.24, 2.45) is 32.5 Å². The Bertz CT molecular complexity index is 3610. The zero-order valence-corrected chi connectivity index (χ0v) is 70.7. The lowest BCUT2D eigenvalue weighted by atomic mass is 9.70. The van der Waals surface area contributed by atoms with Crippen LogP contribution in [0.5, 0.6) is 34.5 Å². The number of methoxy groups -OCH3 is 3. The van der Waals surface area contributed by atoms with E-state index in [1.165, 1.54) is 16.7 Å². The van der Waals surface area contributed by atoms with E-state index in [-0.39, 0.29) is 65.0 Å². The van der Waals surface area contributed by atoms with Gasteiger partial charge < -0.3 is 33.5 Å². The number of aliphatic carboxylic acids is 1. The number of carbonyl (C=O) groups is 1. The van der Waals surface area contributed by atoms with Crippen LogP contribution < -0.4 is 28.4 Å². The predicted octanol–water partition coefficient (Wildman–Crippen LogP) is 24.8. The molecule has 6 aromatic rings. The topological polar surface area (TPSA) is 92.7 Å². The van der Waals surface area contributed by atoms with E-state index in [1.54, 1.807) is 0 Å². The Balaban J connectivity index is 1.61. The quantitative estimate of drug-likeness (QED) is 0.102. The predicted molar refractivity (Wildman–Crippen MR) is 430 cm³/mol. The maximum absolute atomic E-state index is 16.2. The monoisotopic (exact) mass is 1410 g/mol. The number of fused-ring (bicyclic) bond motifs is 6. The average Bonchev–Trinajstić information content (AvgIpc) is 0.733. The first-order valence-corrected chi connectivity index (χ1v) is 38.7. The number of carboxylic acid groups (broad SMARTS) is 1. The summed E-state index contributed by atoms with van der Waals surface area (Å²) in [4.78, 5) is 16.2. The molecule has 103 heavy (non-hydrogen) atoms. The molecule has 0 atom stereocenters. The van der Waals surface area contributed by atoms with Crippen molar-refractivity contribution < 1.29 is 38.3 Å². The summed E-state index contributed by atoms with van der Waals surface area (Å²) >= 11 is 0. The Morgan fingerprint density at radius 3 is 0.534 bits per heavy atom. The van der Waals surface area contributed by atoms with Gasteiger partial charge in [-0.2, -0.15) is 0 Å². The molecule has 0 unspecified atom stereocenters. The average molecular weight is 1410 g/mol. The third-order valence-electron chi connectivity index (χ3n) is 21.8. The molecule has 0 aliphatic carbocycles. The molecule has 0 radical (unpaired) electrons. The molecule has 0 spiro atoms. The highest BCUT2D eigenvalue weighted by atomic mass is 16.9. The van der Waals surface area contributed by atoms with Crippen molar-refractivity contribution in [3.8, 4) is 34.5 Å². The summed E-state index contributed by atoms with van der Waals surface area (Å²) in [5.41, 5.74) is 15.4. The summed E-state index contributed by atoms with van der Waals surface area (Å²) in [6, 6.07) is 28.1. The van der Waals surface area contributed by atoms with E-state index in [2.05, 4.69) is 281 Å². The van der Waals surface area contributed by atoms with Crippen LogP contribution in [0.3, 0.4) is 0 Å². The van der Waals surface area contributed by atoms with E-state index in [0.29, 0.717) is 55.8 Å². The smallest absolute Gasteiger partial charge is 0.496 e. The van der Waals surface area contributed by atoms with E-state index in [1.807, 2.05) is 21.3 Å². The van der Waals surface area contributed by atoms with E-state index < -0.39 is 11.9 Å². The van der Waals surface area contributed by atoms with E-state index in [0.717, 1.165) is 139 Å². The minimum atomic E-state index is -2.87. The van der Waals surface area contributed by atoms with Gasteiger partial charge in [0.05, 0.1) is 21.3 Å². The zero-order valence-electron chi connectivity index (χ0n) is 70.7. The minimum Gasteiger partial charge on any atom is -0.496 e. The van der Waals surface area contributed by atoms with Crippen LogP contribution in [0.25, 0.3) is 0 Å². The molecule has 0 saturated carbocycles. The lowest BCUT2D eigenvalue weighted by Gasteiger charge is -2.39. The first kappa shape index (κ1) is 80.7. The van der Waals surface area contributed by atoms with Gasteiger partial charge in [-0.15, -0.1) is 0 Å². The van der Waals surface area contributed by atoms with Gasteiger partial charge in [0.2, 0.25) is 0 Å². The Morgan fingerprint density at radius 2 is 0.417 bits per heavy atom. The SMILES string of the molecule is COc1c2cc(C(C)(C)CC(C)(C)C)cc1Cc1cc(C(C)(C)CC(C)(C)C)cc3c1OC1(C(=O)O)Oc4c(cc(C(C)(C)CC(C)(C)C)cc4Cc4cc(C(C)(C)CC(C)(C)C)cc(c4OC)Cc4cc(C(C)(C)CC(C)(C)C)cc(c4O1)Cc1cc(C(C)(C)CC(C)(C)C)cc(c1OC)C3)C2. The van der Waals surface area contributed by atoms with Crippen LogP contribution in [-0.4, -0.2) is 38.4 Å². The highest BCUT2D eigenvalue weighted by Gasteiger charge is 2.53. The largest absolute Gasteiger partial charge is 0.523 e. The second kappa shape index (κ2) is 27.4. The van der Waals surface area contributed by atoms with Gasteiger partial charge in [-0.25, -0.2) is 4.79 Å². The first-order valence-electron chi connectivity index (χ1n) is 38.7. The second-order valence-corrected chi connectivity index (χ2v) is 43.3. The van der Waals surface area contributed by atoms with E-state index in [9.17, 15) is 5.11 Å².